The third-order valence-electron chi connectivity index (χ3n) is 3.22. The van der Waals surface area contributed by atoms with Crippen LogP contribution in [0.2, 0.25) is 0 Å². The maximum absolute atomic E-state index is 12.1. The Balaban J connectivity index is 1.79. The SMILES string of the molecule is O=C(Cc1ccsc1)c1cc2c(s1)CCCC2. The number of carbonyl (C=O) groups excluding carboxylic acids is 1. The quantitative estimate of drug-likeness (QED) is 0.761. The monoisotopic (exact) mass is 262 g/mol. The molecule has 2 heterocycles. The van der Waals surface area contributed by atoms with Gasteiger partial charge in [0.05, 0.1) is 4.88 Å². The number of ketones is 1. The molecule has 0 atom stereocenters. The predicted octanol–water partition coefficient (Wildman–Crippen LogP) is 4.11. The van der Waals surface area contributed by atoms with Gasteiger partial charge in [0.25, 0.3) is 0 Å². The van der Waals surface area contributed by atoms with Gasteiger partial charge in [-0.1, -0.05) is 0 Å². The van der Waals surface area contributed by atoms with Crippen molar-refractivity contribution in [1.29, 1.82) is 0 Å². The molecule has 0 saturated carbocycles. The average Bonchev–Trinajstić information content (AvgIpc) is 2.96. The normalized spacial score (nSPS) is 14.6. The van der Waals surface area contributed by atoms with Crippen molar-refractivity contribution >= 4 is 28.5 Å². The summed E-state index contributed by atoms with van der Waals surface area (Å²) in [5, 5.41) is 4.09. The van der Waals surface area contributed by atoms with E-state index in [9.17, 15) is 4.79 Å². The molecule has 88 valence electrons. The molecular weight excluding hydrogens is 248 g/mol. The van der Waals surface area contributed by atoms with Gasteiger partial charge >= 0.3 is 0 Å². The molecule has 2 aromatic rings. The van der Waals surface area contributed by atoms with Crippen molar-refractivity contribution in [2.24, 2.45) is 0 Å². The van der Waals surface area contributed by atoms with Crippen LogP contribution in [-0.2, 0) is 19.3 Å². The van der Waals surface area contributed by atoms with E-state index >= 15 is 0 Å². The lowest BCUT2D eigenvalue weighted by molar-refractivity contribution is 0.0997. The van der Waals surface area contributed by atoms with Gasteiger partial charge in [0.15, 0.2) is 5.78 Å². The topological polar surface area (TPSA) is 17.1 Å². The minimum Gasteiger partial charge on any atom is -0.293 e. The molecule has 1 aliphatic rings. The summed E-state index contributed by atoms with van der Waals surface area (Å²) in [7, 11) is 0. The second kappa shape index (κ2) is 4.75. The molecule has 0 N–H and O–H groups in total. The van der Waals surface area contributed by atoms with E-state index in [-0.39, 0.29) is 5.78 Å². The molecule has 3 heteroatoms. The number of aryl methyl sites for hydroxylation is 2. The predicted molar refractivity (Wildman–Crippen MR) is 73.3 cm³/mol. The molecule has 0 unspecified atom stereocenters. The zero-order valence-electron chi connectivity index (χ0n) is 9.57. The van der Waals surface area contributed by atoms with Crippen molar-refractivity contribution < 1.29 is 4.79 Å². The number of Topliss-reactive ketones (excluding diaryl/α,β-unsaturated/α-hetero) is 1. The Morgan fingerprint density at radius 1 is 1.29 bits per heavy atom. The second-order valence-electron chi connectivity index (χ2n) is 4.50. The summed E-state index contributed by atoms with van der Waals surface area (Å²) in [6, 6.07) is 4.17. The molecule has 0 aliphatic heterocycles. The molecule has 0 amide bonds. The van der Waals surface area contributed by atoms with Crippen LogP contribution in [0.1, 0.15) is 38.5 Å². The van der Waals surface area contributed by atoms with E-state index in [1.165, 1.54) is 29.7 Å². The molecule has 0 spiro atoms. The first-order chi connectivity index (χ1) is 8.33. The zero-order chi connectivity index (χ0) is 11.7. The van der Waals surface area contributed by atoms with E-state index in [0.717, 1.165) is 16.9 Å². The van der Waals surface area contributed by atoms with Crippen LogP contribution in [0.15, 0.2) is 22.9 Å². The molecule has 0 saturated heterocycles. The Bertz CT molecular complexity index is 499. The van der Waals surface area contributed by atoms with Crippen molar-refractivity contribution in [3.05, 3.63) is 43.8 Å². The van der Waals surface area contributed by atoms with Crippen LogP contribution in [0.3, 0.4) is 0 Å². The summed E-state index contributed by atoms with van der Waals surface area (Å²) in [6.07, 6.45) is 5.46. The first-order valence-corrected chi connectivity index (χ1v) is 7.75. The summed E-state index contributed by atoms with van der Waals surface area (Å²) in [6.45, 7) is 0. The molecular formula is C14H14OS2. The Morgan fingerprint density at radius 3 is 2.94 bits per heavy atom. The fourth-order valence-corrected chi connectivity index (χ4v) is 4.15. The number of hydrogen-bond acceptors (Lipinski definition) is 3. The number of fused-ring (bicyclic) bond motifs is 1. The van der Waals surface area contributed by atoms with Gasteiger partial charge in [-0.3, -0.25) is 4.79 Å². The van der Waals surface area contributed by atoms with Crippen LogP contribution in [0.25, 0.3) is 0 Å². The lowest BCUT2D eigenvalue weighted by Crippen LogP contribution is -1.99. The molecule has 0 fully saturated rings. The molecule has 2 aromatic heterocycles. The van der Waals surface area contributed by atoms with Crippen LogP contribution in [0, 0.1) is 0 Å². The minimum absolute atomic E-state index is 0.280. The second-order valence-corrected chi connectivity index (χ2v) is 6.41. The van der Waals surface area contributed by atoms with Crippen molar-refractivity contribution in [2.45, 2.75) is 32.1 Å². The Labute approximate surface area is 109 Å². The largest absolute Gasteiger partial charge is 0.293 e. The van der Waals surface area contributed by atoms with Crippen molar-refractivity contribution in [3.8, 4) is 0 Å². The van der Waals surface area contributed by atoms with E-state index in [0.29, 0.717) is 6.42 Å². The van der Waals surface area contributed by atoms with E-state index in [1.807, 2.05) is 11.4 Å². The first kappa shape index (κ1) is 11.2. The standard InChI is InChI=1S/C14H14OS2/c15-12(7-10-5-6-16-9-10)14-8-11-3-1-2-4-13(11)17-14/h5-6,8-9H,1-4,7H2. The molecule has 3 rings (SSSR count). The maximum Gasteiger partial charge on any atom is 0.177 e. The lowest BCUT2D eigenvalue weighted by atomic mass is 9.99. The maximum atomic E-state index is 12.1. The Hall–Kier alpha value is -0.930. The highest BCUT2D eigenvalue weighted by molar-refractivity contribution is 7.14. The first-order valence-electron chi connectivity index (χ1n) is 5.99. The summed E-state index contributed by atoms with van der Waals surface area (Å²) in [5.74, 6) is 0.280. The fourth-order valence-electron chi connectivity index (χ4n) is 2.29. The van der Waals surface area contributed by atoms with Gasteiger partial charge in [-0.05, 0) is 59.7 Å². The zero-order valence-corrected chi connectivity index (χ0v) is 11.2. The summed E-state index contributed by atoms with van der Waals surface area (Å²) >= 11 is 3.37. The number of hydrogen-bond donors (Lipinski definition) is 0. The third-order valence-corrected chi connectivity index (χ3v) is 5.23. The van der Waals surface area contributed by atoms with E-state index < -0.39 is 0 Å². The average molecular weight is 262 g/mol. The van der Waals surface area contributed by atoms with Crippen LogP contribution in [0.5, 0.6) is 0 Å². The molecule has 1 aliphatic carbocycles. The Kier molecular flexibility index (Phi) is 3.12. The summed E-state index contributed by atoms with van der Waals surface area (Å²) < 4.78 is 0. The van der Waals surface area contributed by atoms with Crippen LogP contribution in [-0.4, -0.2) is 5.78 Å². The van der Waals surface area contributed by atoms with Gasteiger partial charge in [-0.2, -0.15) is 11.3 Å². The van der Waals surface area contributed by atoms with E-state index in [4.69, 9.17) is 0 Å². The van der Waals surface area contributed by atoms with Crippen molar-refractivity contribution in [3.63, 3.8) is 0 Å². The van der Waals surface area contributed by atoms with Gasteiger partial charge in [0, 0.05) is 11.3 Å². The summed E-state index contributed by atoms with van der Waals surface area (Å²) in [4.78, 5) is 14.6. The van der Waals surface area contributed by atoms with Crippen LogP contribution < -0.4 is 0 Å². The summed E-state index contributed by atoms with van der Waals surface area (Å²) in [5.41, 5.74) is 2.57. The third kappa shape index (κ3) is 2.35. The Morgan fingerprint density at radius 2 is 2.18 bits per heavy atom. The minimum atomic E-state index is 0.280. The van der Waals surface area contributed by atoms with Gasteiger partial charge < -0.3 is 0 Å². The van der Waals surface area contributed by atoms with E-state index in [2.05, 4.69) is 11.4 Å². The molecule has 17 heavy (non-hydrogen) atoms. The molecule has 0 radical (unpaired) electrons. The lowest BCUT2D eigenvalue weighted by Gasteiger charge is -2.08. The smallest absolute Gasteiger partial charge is 0.177 e. The molecule has 1 nitrogen and oxygen atoms in total. The highest BCUT2D eigenvalue weighted by atomic mass is 32.1. The molecule has 0 bridgehead atoms. The van der Waals surface area contributed by atoms with Gasteiger partial charge in [-0.15, -0.1) is 11.3 Å². The van der Waals surface area contributed by atoms with Crippen LogP contribution in [0.4, 0.5) is 0 Å². The van der Waals surface area contributed by atoms with Gasteiger partial charge in [-0.25, -0.2) is 0 Å². The fraction of sp³-hybridized carbons (Fsp3) is 0.357. The number of thiophene rings is 2. The van der Waals surface area contributed by atoms with Crippen molar-refractivity contribution in [1.82, 2.24) is 0 Å². The highest BCUT2D eigenvalue weighted by Crippen LogP contribution is 2.30. The van der Waals surface area contributed by atoms with Gasteiger partial charge in [0.2, 0.25) is 0 Å². The van der Waals surface area contributed by atoms with Crippen LogP contribution >= 0.6 is 22.7 Å². The number of carbonyl (C=O) groups is 1. The van der Waals surface area contributed by atoms with E-state index in [1.54, 1.807) is 22.7 Å². The van der Waals surface area contributed by atoms with Crippen molar-refractivity contribution in [2.75, 3.05) is 0 Å². The molecule has 0 aromatic carbocycles. The number of rotatable bonds is 3. The highest BCUT2D eigenvalue weighted by Gasteiger charge is 2.17. The van der Waals surface area contributed by atoms with Gasteiger partial charge in [0.1, 0.15) is 0 Å².